The van der Waals surface area contributed by atoms with Gasteiger partial charge in [-0.1, -0.05) is 12.1 Å². The Labute approximate surface area is 171 Å². The van der Waals surface area contributed by atoms with Crippen LogP contribution < -0.4 is 9.62 Å². The molecular formula is C21H26N2O5S. The normalized spacial score (nSPS) is 11.0. The van der Waals surface area contributed by atoms with Gasteiger partial charge >= 0.3 is 5.97 Å². The number of hydrogen-bond donors (Lipinski definition) is 1. The fourth-order valence-electron chi connectivity index (χ4n) is 2.82. The maximum absolute atomic E-state index is 12.2. The lowest BCUT2D eigenvalue weighted by atomic mass is 10.1. The van der Waals surface area contributed by atoms with E-state index in [0.29, 0.717) is 23.4 Å². The third-order valence-electron chi connectivity index (χ3n) is 4.51. The first-order valence-corrected chi connectivity index (χ1v) is 11.0. The van der Waals surface area contributed by atoms with Gasteiger partial charge < -0.3 is 10.1 Å². The highest BCUT2D eigenvalue weighted by atomic mass is 32.2. The van der Waals surface area contributed by atoms with Crippen molar-refractivity contribution >= 4 is 33.3 Å². The summed E-state index contributed by atoms with van der Waals surface area (Å²) < 4.78 is 30.4. The second-order valence-electron chi connectivity index (χ2n) is 6.83. The minimum atomic E-state index is -3.47. The van der Waals surface area contributed by atoms with Crippen LogP contribution >= 0.6 is 0 Å². The molecule has 0 unspecified atom stereocenters. The summed E-state index contributed by atoms with van der Waals surface area (Å²) in [6.45, 7) is 4.08. The molecule has 0 spiro atoms. The zero-order valence-electron chi connectivity index (χ0n) is 17.1. The topological polar surface area (TPSA) is 92.8 Å². The van der Waals surface area contributed by atoms with Gasteiger partial charge in [0.15, 0.2) is 0 Å². The number of carbonyl (C=O) groups is 2. The monoisotopic (exact) mass is 418 g/mol. The Bertz CT molecular complexity index is 1000. The van der Waals surface area contributed by atoms with E-state index < -0.39 is 16.0 Å². The van der Waals surface area contributed by atoms with Gasteiger partial charge in [-0.3, -0.25) is 9.10 Å². The summed E-state index contributed by atoms with van der Waals surface area (Å²) >= 11 is 0. The molecule has 0 atom stereocenters. The fourth-order valence-corrected chi connectivity index (χ4v) is 3.77. The van der Waals surface area contributed by atoms with Crippen LogP contribution in [0.25, 0.3) is 0 Å². The van der Waals surface area contributed by atoms with Gasteiger partial charge in [0.2, 0.25) is 15.9 Å². The van der Waals surface area contributed by atoms with Crippen molar-refractivity contribution < 1.29 is 22.7 Å². The maximum Gasteiger partial charge on any atom is 0.337 e. The number of hydrogen-bond acceptors (Lipinski definition) is 5. The number of ether oxygens (including phenoxy) is 1. The number of rotatable bonds is 8. The molecule has 0 aromatic heterocycles. The zero-order valence-corrected chi connectivity index (χ0v) is 17.9. The largest absolute Gasteiger partial charge is 0.465 e. The minimum Gasteiger partial charge on any atom is -0.465 e. The molecule has 2 aromatic carbocycles. The van der Waals surface area contributed by atoms with E-state index >= 15 is 0 Å². The van der Waals surface area contributed by atoms with Crippen molar-refractivity contribution in [2.24, 2.45) is 0 Å². The number of sulfonamides is 1. The molecule has 1 N–H and O–H groups in total. The van der Waals surface area contributed by atoms with Crippen LogP contribution in [-0.2, 0) is 19.6 Å². The molecular weight excluding hydrogens is 392 g/mol. The summed E-state index contributed by atoms with van der Waals surface area (Å²) in [7, 11) is -2.18. The average Bonchev–Trinajstić information content (AvgIpc) is 2.66. The van der Waals surface area contributed by atoms with Gasteiger partial charge in [0.1, 0.15) is 0 Å². The Morgan fingerprint density at radius 2 is 1.79 bits per heavy atom. The maximum atomic E-state index is 12.2. The van der Waals surface area contributed by atoms with Crippen LogP contribution in [0.2, 0.25) is 0 Å². The number of anilines is 2. The van der Waals surface area contributed by atoms with E-state index in [-0.39, 0.29) is 18.9 Å². The number of nitrogens with one attached hydrogen (secondary N) is 1. The van der Waals surface area contributed by atoms with Gasteiger partial charge in [-0.25, -0.2) is 13.2 Å². The fraction of sp³-hybridized carbons (Fsp3) is 0.333. The summed E-state index contributed by atoms with van der Waals surface area (Å²) in [4.78, 5) is 23.8. The summed E-state index contributed by atoms with van der Waals surface area (Å²) in [6.07, 6.45) is 1.64. The zero-order chi connectivity index (χ0) is 21.6. The Morgan fingerprint density at radius 1 is 1.07 bits per heavy atom. The molecule has 1 amide bonds. The standard InChI is InChI=1S/C21H26N2O5S/c1-15-10-11-19(13-16(15)2)23(29(4,26)27)12-6-9-20(24)22-18-8-5-7-17(14-18)21(25)28-3/h5,7-8,10-11,13-14H,6,9,12H2,1-4H3,(H,22,24). The third kappa shape index (κ3) is 6.32. The van der Waals surface area contributed by atoms with Gasteiger partial charge in [-0.05, 0) is 61.7 Å². The first-order valence-electron chi connectivity index (χ1n) is 9.15. The highest BCUT2D eigenvalue weighted by molar-refractivity contribution is 7.92. The van der Waals surface area contributed by atoms with Crippen LogP contribution in [0.5, 0.6) is 0 Å². The molecule has 0 aliphatic carbocycles. The van der Waals surface area contributed by atoms with Crippen LogP contribution in [0, 0.1) is 13.8 Å². The van der Waals surface area contributed by atoms with E-state index in [9.17, 15) is 18.0 Å². The molecule has 2 rings (SSSR count). The van der Waals surface area contributed by atoms with Crippen LogP contribution in [0.15, 0.2) is 42.5 Å². The SMILES string of the molecule is COC(=O)c1cccc(NC(=O)CCCN(c2ccc(C)c(C)c2)S(C)(=O)=O)c1. The molecule has 29 heavy (non-hydrogen) atoms. The number of methoxy groups -OCH3 is 1. The molecule has 0 aliphatic rings. The van der Waals surface area contributed by atoms with E-state index in [2.05, 4.69) is 10.1 Å². The van der Waals surface area contributed by atoms with E-state index in [1.165, 1.54) is 17.5 Å². The quantitative estimate of drug-likeness (QED) is 0.664. The molecule has 0 saturated heterocycles. The van der Waals surface area contributed by atoms with Crippen molar-refractivity contribution in [3.8, 4) is 0 Å². The molecule has 0 fully saturated rings. The molecule has 0 aliphatic heterocycles. The van der Waals surface area contributed by atoms with Crippen LogP contribution in [0.3, 0.4) is 0 Å². The second kappa shape index (κ2) is 9.56. The predicted molar refractivity (Wildman–Crippen MR) is 114 cm³/mol. The van der Waals surface area contributed by atoms with Crippen molar-refractivity contribution in [1.29, 1.82) is 0 Å². The molecule has 0 radical (unpaired) electrons. The summed E-state index contributed by atoms with van der Waals surface area (Å²) in [5.74, 6) is -0.751. The summed E-state index contributed by atoms with van der Waals surface area (Å²) in [5.41, 5.74) is 3.48. The Morgan fingerprint density at radius 3 is 2.41 bits per heavy atom. The van der Waals surface area contributed by atoms with Crippen molar-refractivity contribution in [1.82, 2.24) is 0 Å². The van der Waals surface area contributed by atoms with Crippen molar-refractivity contribution in [2.75, 3.05) is 29.5 Å². The molecule has 7 nitrogen and oxygen atoms in total. The number of esters is 1. The smallest absolute Gasteiger partial charge is 0.337 e. The van der Waals surface area contributed by atoms with Gasteiger partial charge in [0.25, 0.3) is 0 Å². The Balaban J connectivity index is 2.00. The molecule has 0 heterocycles. The number of amides is 1. The van der Waals surface area contributed by atoms with Gasteiger partial charge in [0, 0.05) is 18.7 Å². The summed E-state index contributed by atoms with van der Waals surface area (Å²) in [5, 5.41) is 2.72. The van der Waals surface area contributed by atoms with Crippen LogP contribution in [0.1, 0.15) is 34.3 Å². The van der Waals surface area contributed by atoms with Crippen LogP contribution in [-0.4, -0.2) is 40.2 Å². The van der Waals surface area contributed by atoms with Gasteiger partial charge in [0.05, 0.1) is 24.6 Å². The number of nitrogens with zero attached hydrogens (tertiary/aromatic N) is 1. The van der Waals surface area contributed by atoms with E-state index in [1.54, 1.807) is 24.3 Å². The lowest BCUT2D eigenvalue weighted by molar-refractivity contribution is -0.116. The second-order valence-corrected chi connectivity index (χ2v) is 8.73. The van der Waals surface area contributed by atoms with E-state index in [1.807, 2.05) is 26.0 Å². The molecule has 156 valence electrons. The third-order valence-corrected chi connectivity index (χ3v) is 5.71. The average molecular weight is 419 g/mol. The lowest BCUT2D eigenvalue weighted by Crippen LogP contribution is -2.31. The van der Waals surface area contributed by atoms with Crippen molar-refractivity contribution in [3.05, 3.63) is 59.2 Å². The molecule has 8 heteroatoms. The highest BCUT2D eigenvalue weighted by Crippen LogP contribution is 2.22. The lowest BCUT2D eigenvalue weighted by Gasteiger charge is -2.23. The molecule has 0 saturated carbocycles. The van der Waals surface area contributed by atoms with Crippen LogP contribution in [0.4, 0.5) is 11.4 Å². The van der Waals surface area contributed by atoms with Crippen molar-refractivity contribution in [3.63, 3.8) is 0 Å². The Hall–Kier alpha value is -2.87. The Kier molecular flexibility index (Phi) is 7.39. The summed E-state index contributed by atoms with van der Waals surface area (Å²) in [6, 6.07) is 11.9. The molecule has 2 aromatic rings. The minimum absolute atomic E-state index is 0.138. The number of aryl methyl sites for hydroxylation is 2. The van der Waals surface area contributed by atoms with E-state index in [4.69, 9.17) is 0 Å². The first kappa shape index (κ1) is 22.4. The van der Waals surface area contributed by atoms with Gasteiger partial charge in [-0.15, -0.1) is 0 Å². The first-order chi connectivity index (χ1) is 13.6. The number of benzene rings is 2. The van der Waals surface area contributed by atoms with Gasteiger partial charge in [-0.2, -0.15) is 0 Å². The van der Waals surface area contributed by atoms with E-state index in [0.717, 1.165) is 17.4 Å². The predicted octanol–water partition coefficient (Wildman–Crippen LogP) is 3.27. The molecule has 0 bridgehead atoms. The number of carbonyl (C=O) groups excluding carboxylic acids is 2. The van der Waals surface area contributed by atoms with Crippen molar-refractivity contribution in [2.45, 2.75) is 26.7 Å². The highest BCUT2D eigenvalue weighted by Gasteiger charge is 2.18.